The lowest BCUT2D eigenvalue weighted by Gasteiger charge is -2.17. The van der Waals surface area contributed by atoms with Crippen LogP contribution in [0.2, 0.25) is 5.02 Å². The molecular weight excluding hydrogens is 284 g/mol. The fourth-order valence-corrected chi connectivity index (χ4v) is 2.56. The Labute approximate surface area is 129 Å². The van der Waals surface area contributed by atoms with Gasteiger partial charge in [0.15, 0.2) is 0 Å². The van der Waals surface area contributed by atoms with E-state index in [1.165, 1.54) is 0 Å². The molecule has 0 bridgehead atoms. The molecule has 2 nitrogen and oxygen atoms in total. The van der Waals surface area contributed by atoms with Crippen LogP contribution in [0, 0.1) is 0 Å². The van der Waals surface area contributed by atoms with Gasteiger partial charge in [-0.1, -0.05) is 60.6 Å². The summed E-state index contributed by atoms with van der Waals surface area (Å²) in [5.74, 6) is -0.891. The van der Waals surface area contributed by atoms with Gasteiger partial charge in [-0.15, -0.1) is 0 Å². The molecule has 1 unspecified atom stereocenters. The third kappa shape index (κ3) is 4.47. The van der Waals surface area contributed by atoms with Gasteiger partial charge in [0.1, 0.15) is 0 Å². The number of carboxylic acid groups (broad SMARTS) is 1. The molecular formula is C18H17ClO2. The Morgan fingerprint density at radius 1 is 1.10 bits per heavy atom. The minimum Gasteiger partial charge on any atom is -0.481 e. The summed E-state index contributed by atoms with van der Waals surface area (Å²) < 4.78 is 0. The molecule has 3 heteroatoms. The molecule has 0 fully saturated rings. The molecule has 0 saturated carbocycles. The molecule has 0 aliphatic carbocycles. The average Bonchev–Trinajstić information content (AvgIpc) is 2.47. The van der Waals surface area contributed by atoms with Gasteiger partial charge in [-0.25, -0.2) is 0 Å². The lowest BCUT2D eigenvalue weighted by molar-refractivity contribution is -0.137. The van der Waals surface area contributed by atoms with Crippen molar-refractivity contribution in [3.8, 4) is 0 Å². The molecule has 0 spiro atoms. The topological polar surface area (TPSA) is 37.3 Å². The van der Waals surface area contributed by atoms with Gasteiger partial charge in [0.05, 0.1) is 6.42 Å². The van der Waals surface area contributed by atoms with E-state index in [1.807, 2.05) is 54.6 Å². The van der Waals surface area contributed by atoms with Gasteiger partial charge in [0.25, 0.3) is 0 Å². The van der Waals surface area contributed by atoms with E-state index in [4.69, 9.17) is 16.7 Å². The second-order valence-electron chi connectivity index (χ2n) is 5.02. The van der Waals surface area contributed by atoms with E-state index in [9.17, 15) is 4.79 Å². The maximum atomic E-state index is 11.1. The van der Waals surface area contributed by atoms with Crippen molar-refractivity contribution in [1.29, 1.82) is 0 Å². The third-order valence-corrected chi connectivity index (χ3v) is 3.65. The largest absolute Gasteiger partial charge is 0.481 e. The number of carbonyl (C=O) groups is 1. The molecule has 0 aromatic heterocycles. The standard InChI is InChI=1S/C18H17ClO2/c1-13(15-8-5-9-17(19)11-15)10-16(12-18(20)21)14-6-3-2-4-7-14/h2-9,11,16H,1,10,12H2,(H,20,21). The summed E-state index contributed by atoms with van der Waals surface area (Å²) in [5.41, 5.74) is 2.87. The summed E-state index contributed by atoms with van der Waals surface area (Å²) in [6, 6.07) is 17.2. The summed E-state index contributed by atoms with van der Waals surface area (Å²) in [4.78, 5) is 11.1. The Bertz CT molecular complexity index is 635. The smallest absolute Gasteiger partial charge is 0.303 e. The van der Waals surface area contributed by atoms with Crippen LogP contribution in [-0.2, 0) is 4.79 Å². The summed E-state index contributed by atoms with van der Waals surface area (Å²) in [6.07, 6.45) is 0.681. The van der Waals surface area contributed by atoms with Crippen molar-refractivity contribution in [3.05, 3.63) is 77.3 Å². The van der Waals surface area contributed by atoms with E-state index in [0.717, 1.165) is 16.7 Å². The zero-order chi connectivity index (χ0) is 15.2. The molecule has 0 radical (unpaired) electrons. The van der Waals surface area contributed by atoms with Crippen LogP contribution < -0.4 is 0 Å². The van der Waals surface area contributed by atoms with Crippen LogP contribution in [0.4, 0.5) is 0 Å². The first kappa shape index (κ1) is 15.3. The lowest BCUT2D eigenvalue weighted by Crippen LogP contribution is -2.07. The van der Waals surface area contributed by atoms with Gasteiger partial charge >= 0.3 is 5.97 Å². The minimum absolute atomic E-state index is 0.0869. The molecule has 0 amide bonds. The highest BCUT2D eigenvalue weighted by atomic mass is 35.5. The number of aliphatic carboxylic acids is 1. The lowest BCUT2D eigenvalue weighted by atomic mass is 9.87. The second-order valence-corrected chi connectivity index (χ2v) is 5.46. The average molecular weight is 301 g/mol. The van der Waals surface area contributed by atoms with Gasteiger partial charge in [0.2, 0.25) is 0 Å². The highest BCUT2D eigenvalue weighted by Gasteiger charge is 2.17. The highest BCUT2D eigenvalue weighted by Crippen LogP contribution is 2.31. The number of allylic oxidation sites excluding steroid dienone is 1. The number of hydrogen-bond donors (Lipinski definition) is 1. The van der Waals surface area contributed by atoms with Crippen molar-refractivity contribution in [2.45, 2.75) is 18.8 Å². The number of hydrogen-bond acceptors (Lipinski definition) is 1. The number of benzene rings is 2. The Hall–Kier alpha value is -2.06. The van der Waals surface area contributed by atoms with Crippen LogP contribution in [-0.4, -0.2) is 11.1 Å². The van der Waals surface area contributed by atoms with Crippen molar-refractivity contribution in [2.24, 2.45) is 0 Å². The third-order valence-electron chi connectivity index (χ3n) is 3.42. The van der Waals surface area contributed by atoms with Crippen molar-refractivity contribution in [2.75, 3.05) is 0 Å². The fraction of sp³-hybridized carbons (Fsp3) is 0.167. The molecule has 2 aromatic rings. The molecule has 2 rings (SSSR count). The summed E-state index contributed by atoms with van der Waals surface area (Å²) in [6.45, 7) is 4.09. The SMILES string of the molecule is C=C(CC(CC(=O)O)c1ccccc1)c1cccc(Cl)c1. The van der Waals surface area contributed by atoms with Crippen LogP contribution in [0.5, 0.6) is 0 Å². The molecule has 21 heavy (non-hydrogen) atoms. The number of carboxylic acids is 1. The predicted molar refractivity (Wildman–Crippen MR) is 86.5 cm³/mol. The highest BCUT2D eigenvalue weighted by molar-refractivity contribution is 6.30. The molecule has 1 N–H and O–H groups in total. The maximum absolute atomic E-state index is 11.1. The van der Waals surface area contributed by atoms with E-state index in [2.05, 4.69) is 6.58 Å². The Kier molecular flexibility index (Phi) is 5.18. The van der Waals surface area contributed by atoms with Crippen molar-refractivity contribution < 1.29 is 9.90 Å². The molecule has 0 heterocycles. The summed E-state index contributed by atoms with van der Waals surface area (Å²) in [7, 11) is 0. The van der Waals surface area contributed by atoms with E-state index in [1.54, 1.807) is 0 Å². The molecule has 0 aliphatic heterocycles. The quantitative estimate of drug-likeness (QED) is 0.815. The first-order valence-electron chi connectivity index (χ1n) is 6.76. The molecule has 0 saturated heterocycles. The number of rotatable bonds is 6. The van der Waals surface area contributed by atoms with Crippen molar-refractivity contribution in [3.63, 3.8) is 0 Å². The van der Waals surface area contributed by atoms with Gasteiger partial charge in [-0.3, -0.25) is 4.79 Å². The first-order chi connectivity index (χ1) is 10.1. The number of halogens is 1. The van der Waals surface area contributed by atoms with Gasteiger partial charge in [-0.2, -0.15) is 0 Å². The van der Waals surface area contributed by atoms with Gasteiger partial charge in [-0.05, 0) is 41.2 Å². The maximum Gasteiger partial charge on any atom is 0.303 e. The summed E-state index contributed by atoms with van der Waals surface area (Å²) >= 11 is 5.99. The Balaban J connectivity index is 2.19. The second kappa shape index (κ2) is 7.09. The van der Waals surface area contributed by atoms with Crippen LogP contribution in [0.3, 0.4) is 0 Å². The van der Waals surface area contributed by atoms with Gasteiger partial charge < -0.3 is 5.11 Å². The normalized spacial score (nSPS) is 11.9. The first-order valence-corrected chi connectivity index (χ1v) is 7.14. The van der Waals surface area contributed by atoms with Crippen molar-refractivity contribution in [1.82, 2.24) is 0 Å². The van der Waals surface area contributed by atoms with E-state index < -0.39 is 5.97 Å². The molecule has 1 atom stereocenters. The monoisotopic (exact) mass is 300 g/mol. The molecule has 2 aromatic carbocycles. The minimum atomic E-state index is -0.803. The van der Waals surface area contributed by atoms with Crippen LogP contribution >= 0.6 is 11.6 Å². The van der Waals surface area contributed by atoms with Crippen molar-refractivity contribution >= 4 is 23.1 Å². The van der Waals surface area contributed by atoms with Crippen LogP contribution in [0.25, 0.3) is 5.57 Å². The van der Waals surface area contributed by atoms with E-state index in [0.29, 0.717) is 11.4 Å². The zero-order valence-electron chi connectivity index (χ0n) is 11.6. The van der Waals surface area contributed by atoms with E-state index in [-0.39, 0.29) is 12.3 Å². The van der Waals surface area contributed by atoms with E-state index >= 15 is 0 Å². The predicted octanol–water partition coefficient (Wildman–Crippen LogP) is 5.00. The van der Waals surface area contributed by atoms with Gasteiger partial charge in [0, 0.05) is 5.02 Å². The zero-order valence-corrected chi connectivity index (χ0v) is 12.4. The molecule has 108 valence electrons. The fourth-order valence-electron chi connectivity index (χ4n) is 2.37. The summed E-state index contributed by atoms with van der Waals surface area (Å²) in [5, 5.41) is 9.78. The Morgan fingerprint density at radius 3 is 2.43 bits per heavy atom. The molecule has 0 aliphatic rings. The Morgan fingerprint density at radius 2 is 1.81 bits per heavy atom. The van der Waals surface area contributed by atoms with Crippen LogP contribution in [0.1, 0.15) is 29.9 Å². The van der Waals surface area contributed by atoms with Crippen LogP contribution in [0.15, 0.2) is 61.2 Å².